The molecule has 1 saturated carbocycles. The van der Waals surface area contributed by atoms with Gasteiger partial charge in [0, 0.05) is 38.6 Å². The summed E-state index contributed by atoms with van der Waals surface area (Å²) in [5.41, 5.74) is -0.261. The van der Waals surface area contributed by atoms with Crippen LogP contribution in [0.1, 0.15) is 24.0 Å². The highest BCUT2D eigenvalue weighted by molar-refractivity contribution is 5.81. The zero-order valence-corrected chi connectivity index (χ0v) is 12.3. The Hall–Kier alpha value is -1.56. The fourth-order valence-electron chi connectivity index (χ4n) is 2.89. The van der Waals surface area contributed by atoms with Crippen LogP contribution in [-0.4, -0.2) is 41.9 Å². The number of piperazine rings is 1. The molecule has 1 saturated heterocycles. The van der Waals surface area contributed by atoms with Crippen LogP contribution in [0.25, 0.3) is 0 Å². The molecule has 0 bridgehead atoms. The monoisotopic (exact) mass is 312 g/mol. The molecule has 0 aromatic heterocycles. The molecule has 3 rings (SSSR count). The number of rotatable bonds is 3. The predicted octanol–water partition coefficient (Wildman–Crippen LogP) is 2.76. The van der Waals surface area contributed by atoms with Crippen LogP contribution in [0.3, 0.4) is 0 Å². The fraction of sp³-hybridized carbons (Fsp3) is 0.562. The summed E-state index contributed by atoms with van der Waals surface area (Å²) < 4.78 is 39.0. The van der Waals surface area contributed by atoms with Crippen molar-refractivity contribution < 1.29 is 18.0 Å². The highest BCUT2D eigenvalue weighted by Gasteiger charge is 2.36. The second-order valence-corrected chi connectivity index (χ2v) is 6.03. The van der Waals surface area contributed by atoms with E-state index < -0.39 is 11.7 Å². The van der Waals surface area contributed by atoms with E-state index in [0.717, 1.165) is 18.9 Å². The Morgan fingerprint density at radius 2 is 1.73 bits per heavy atom. The van der Waals surface area contributed by atoms with Crippen molar-refractivity contribution in [2.45, 2.75) is 25.6 Å². The van der Waals surface area contributed by atoms with Crippen LogP contribution < -0.4 is 0 Å². The second kappa shape index (κ2) is 5.91. The number of halogens is 3. The van der Waals surface area contributed by atoms with Gasteiger partial charge in [0.1, 0.15) is 0 Å². The molecule has 6 heteroatoms. The minimum atomic E-state index is -4.32. The van der Waals surface area contributed by atoms with E-state index in [2.05, 4.69) is 0 Å². The lowest BCUT2D eigenvalue weighted by Gasteiger charge is -2.35. The van der Waals surface area contributed by atoms with Crippen molar-refractivity contribution in [2.75, 3.05) is 26.2 Å². The lowest BCUT2D eigenvalue weighted by Crippen LogP contribution is -2.48. The topological polar surface area (TPSA) is 23.6 Å². The molecule has 1 aliphatic heterocycles. The van der Waals surface area contributed by atoms with Crippen LogP contribution in [0.2, 0.25) is 0 Å². The molecule has 2 fully saturated rings. The molecule has 120 valence electrons. The van der Waals surface area contributed by atoms with Crippen molar-refractivity contribution >= 4 is 5.91 Å². The molecule has 0 N–H and O–H groups in total. The Bertz CT molecular complexity index is 547. The quantitative estimate of drug-likeness (QED) is 0.857. The van der Waals surface area contributed by atoms with Crippen LogP contribution >= 0.6 is 0 Å². The molecular weight excluding hydrogens is 293 g/mol. The number of benzene rings is 1. The van der Waals surface area contributed by atoms with Crippen molar-refractivity contribution in [2.24, 2.45) is 5.92 Å². The van der Waals surface area contributed by atoms with Gasteiger partial charge in [-0.1, -0.05) is 18.2 Å². The van der Waals surface area contributed by atoms with E-state index >= 15 is 0 Å². The highest BCUT2D eigenvalue weighted by atomic mass is 19.4. The van der Waals surface area contributed by atoms with Crippen LogP contribution in [0.5, 0.6) is 0 Å². The van der Waals surface area contributed by atoms with Crippen LogP contribution in [0, 0.1) is 5.92 Å². The first-order chi connectivity index (χ1) is 10.4. The minimum Gasteiger partial charge on any atom is -0.340 e. The highest BCUT2D eigenvalue weighted by Crippen LogP contribution is 2.33. The number of nitrogens with zero attached hydrogens (tertiary/aromatic N) is 2. The summed E-state index contributed by atoms with van der Waals surface area (Å²) in [5.74, 6) is 0.424. The van der Waals surface area contributed by atoms with E-state index in [9.17, 15) is 18.0 Å². The molecule has 22 heavy (non-hydrogen) atoms. The average molecular weight is 312 g/mol. The van der Waals surface area contributed by atoms with Gasteiger partial charge < -0.3 is 4.90 Å². The van der Waals surface area contributed by atoms with Crippen molar-refractivity contribution in [3.8, 4) is 0 Å². The third kappa shape index (κ3) is 3.43. The van der Waals surface area contributed by atoms with Gasteiger partial charge in [-0.15, -0.1) is 0 Å². The van der Waals surface area contributed by atoms with Gasteiger partial charge in [0.25, 0.3) is 0 Å². The SMILES string of the molecule is O=C(C1CC1)N1CCN(Cc2ccccc2C(F)(F)F)CC1. The van der Waals surface area contributed by atoms with Crippen molar-refractivity contribution in [1.82, 2.24) is 9.80 Å². The molecule has 0 atom stereocenters. The summed E-state index contributed by atoms with van der Waals surface area (Å²) in [7, 11) is 0. The largest absolute Gasteiger partial charge is 0.416 e. The number of hydrogen-bond donors (Lipinski definition) is 0. The molecular formula is C16H19F3N2O. The van der Waals surface area contributed by atoms with Crippen molar-refractivity contribution in [3.63, 3.8) is 0 Å². The molecule has 1 amide bonds. The van der Waals surface area contributed by atoms with E-state index in [1.54, 1.807) is 6.07 Å². The van der Waals surface area contributed by atoms with Gasteiger partial charge in [-0.25, -0.2) is 0 Å². The van der Waals surface area contributed by atoms with Gasteiger partial charge in [-0.3, -0.25) is 9.69 Å². The summed E-state index contributed by atoms with van der Waals surface area (Å²) in [6.45, 7) is 2.77. The standard InChI is InChI=1S/C16H19F3N2O/c17-16(18,19)14-4-2-1-3-13(14)11-20-7-9-21(10-8-20)15(22)12-5-6-12/h1-4,12H,5-11H2. The first-order valence-electron chi connectivity index (χ1n) is 7.61. The predicted molar refractivity (Wildman–Crippen MR) is 76.0 cm³/mol. The van der Waals surface area contributed by atoms with Gasteiger partial charge in [0.15, 0.2) is 0 Å². The molecule has 0 unspecified atom stereocenters. The van der Waals surface area contributed by atoms with E-state index in [0.29, 0.717) is 31.7 Å². The number of amides is 1. The third-order valence-electron chi connectivity index (χ3n) is 4.33. The molecule has 0 spiro atoms. The fourth-order valence-corrected chi connectivity index (χ4v) is 2.89. The lowest BCUT2D eigenvalue weighted by atomic mass is 10.1. The summed E-state index contributed by atoms with van der Waals surface area (Å²) in [5, 5.41) is 0. The molecule has 1 aliphatic carbocycles. The number of carbonyl (C=O) groups excluding carboxylic acids is 1. The summed E-state index contributed by atoms with van der Waals surface area (Å²) in [6, 6.07) is 5.71. The van der Waals surface area contributed by atoms with E-state index in [1.165, 1.54) is 12.1 Å². The summed E-state index contributed by atoms with van der Waals surface area (Å²) in [4.78, 5) is 15.8. The molecule has 3 nitrogen and oxygen atoms in total. The molecule has 1 heterocycles. The zero-order chi connectivity index (χ0) is 15.7. The molecule has 2 aliphatic rings. The maximum atomic E-state index is 13.0. The van der Waals surface area contributed by atoms with Crippen molar-refractivity contribution in [3.05, 3.63) is 35.4 Å². The first kappa shape index (κ1) is 15.3. The number of hydrogen-bond acceptors (Lipinski definition) is 2. The normalized spacial score (nSPS) is 20.2. The van der Waals surface area contributed by atoms with E-state index in [-0.39, 0.29) is 18.4 Å². The number of carbonyl (C=O) groups is 1. The lowest BCUT2D eigenvalue weighted by molar-refractivity contribution is -0.138. The van der Waals surface area contributed by atoms with Gasteiger partial charge >= 0.3 is 6.18 Å². The van der Waals surface area contributed by atoms with Crippen LogP contribution in [-0.2, 0) is 17.5 Å². The molecule has 0 radical (unpaired) electrons. The Morgan fingerprint density at radius 3 is 2.32 bits per heavy atom. The maximum Gasteiger partial charge on any atom is 0.416 e. The molecule has 1 aromatic carbocycles. The number of alkyl halides is 3. The van der Waals surface area contributed by atoms with Gasteiger partial charge in [-0.2, -0.15) is 13.2 Å². The first-order valence-corrected chi connectivity index (χ1v) is 7.61. The van der Waals surface area contributed by atoms with Crippen LogP contribution in [0.15, 0.2) is 24.3 Å². The summed E-state index contributed by atoms with van der Waals surface area (Å²) >= 11 is 0. The van der Waals surface area contributed by atoms with Crippen molar-refractivity contribution in [1.29, 1.82) is 0 Å². The third-order valence-corrected chi connectivity index (χ3v) is 4.33. The smallest absolute Gasteiger partial charge is 0.340 e. The van der Waals surface area contributed by atoms with Crippen LogP contribution in [0.4, 0.5) is 13.2 Å². The van der Waals surface area contributed by atoms with E-state index in [4.69, 9.17) is 0 Å². The second-order valence-electron chi connectivity index (χ2n) is 6.03. The summed E-state index contributed by atoms with van der Waals surface area (Å²) in [6.07, 6.45) is -2.35. The average Bonchev–Trinajstić information content (AvgIpc) is 3.31. The Kier molecular flexibility index (Phi) is 4.12. The Labute approximate surface area is 127 Å². The van der Waals surface area contributed by atoms with Gasteiger partial charge in [-0.05, 0) is 24.5 Å². The Morgan fingerprint density at radius 1 is 1.09 bits per heavy atom. The van der Waals surface area contributed by atoms with E-state index in [1.807, 2.05) is 9.80 Å². The van der Waals surface area contributed by atoms with Gasteiger partial charge in [0.05, 0.1) is 5.56 Å². The van der Waals surface area contributed by atoms with Gasteiger partial charge in [0.2, 0.25) is 5.91 Å². The molecule has 1 aromatic rings. The minimum absolute atomic E-state index is 0.206. The Balaban J connectivity index is 1.60. The zero-order valence-electron chi connectivity index (χ0n) is 12.3. The maximum absolute atomic E-state index is 13.0.